The third-order valence-electron chi connectivity index (χ3n) is 9.69. The molecule has 0 saturated heterocycles. The van der Waals surface area contributed by atoms with Gasteiger partial charge in [-0.25, -0.2) is 0 Å². The number of hydrogen-bond acceptors (Lipinski definition) is 6. The second-order valence-electron chi connectivity index (χ2n) is 12.1. The molecule has 3 atom stereocenters. The van der Waals surface area contributed by atoms with Crippen LogP contribution in [-0.2, 0) is 40.1 Å². The number of carbonyl (C=O) groups excluding carboxylic acids is 3. The molecule has 3 aromatic rings. The number of aromatic amines is 3. The van der Waals surface area contributed by atoms with Crippen LogP contribution in [-0.4, -0.2) is 72.8 Å². The van der Waals surface area contributed by atoms with Crippen LogP contribution in [0.15, 0.2) is 23.8 Å². The molecule has 1 aliphatic carbocycles. The molecule has 242 valence electrons. The smallest absolute Gasteiger partial charge is 0.315 e. The van der Waals surface area contributed by atoms with Gasteiger partial charge in [-0.2, -0.15) is 0 Å². The fourth-order valence-corrected chi connectivity index (χ4v) is 7.17. The Morgan fingerprint density at radius 1 is 0.891 bits per heavy atom. The molecular weight excluding hydrogens is 592 g/mol. The normalized spacial score (nSPS) is 19.1. The average molecular weight is 631 g/mol. The predicted octanol–water partition coefficient (Wildman–Crippen LogP) is 3.12. The number of rotatable bonds is 13. The number of carbonyl (C=O) groups is 5. The fraction of sp³-hybridized carbons (Fsp3) is 0.382. The number of aliphatic hydroxyl groups is 1. The molecule has 1 aliphatic heterocycles. The van der Waals surface area contributed by atoms with Crippen molar-refractivity contribution in [3.63, 3.8) is 0 Å². The first-order valence-corrected chi connectivity index (χ1v) is 15.1. The van der Waals surface area contributed by atoms with Crippen LogP contribution in [0.3, 0.4) is 0 Å². The first-order chi connectivity index (χ1) is 21.8. The molecule has 4 heterocycles. The summed E-state index contributed by atoms with van der Waals surface area (Å²) in [4.78, 5) is 72.1. The van der Waals surface area contributed by atoms with Crippen molar-refractivity contribution in [3.05, 3.63) is 91.3 Å². The summed E-state index contributed by atoms with van der Waals surface area (Å²) in [6.07, 6.45) is 3.08. The highest BCUT2D eigenvalue weighted by Gasteiger charge is 2.49. The van der Waals surface area contributed by atoms with E-state index >= 15 is 0 Å². The second kappa shape index (κ2) is 12.4. The highest BCUT2D eigenvalue weighted by molar-refractivity contribution is 6.14. The molecule has 7 N–H and O–H groups in total. The van der Waals surface area contributed by atoms with Crippen LogP contribution in [0.4, 0.5) is 0 Å². The first-order valence-electron chi connectivity index (χ1n) is 15.1. The fourth-order valence-electron chi connectivity index (χ4n) is 7.17. The van der Waals surface area contributed by atoms with Gasteiger partial charge in [-0.15, -0.1) is 0 Å². The van der Waals surface area contributed by atoms with Crippen molar-refractivity contribution in [2.24, 2.45) is 5.92 Å². The summed E-state index contributed by atoms with van der Waals surface area (Å²) in [7, 11) is 0. The number of fused-ring (bicyclic) bond motifs is 1. The third kappa shape index (κ3) is 5.32. The zero-order valence-electron chi connectivity index (χ0n) is 26.2. The highest BCUT2D eigenvalue weighted by Crippen LogP contribution is 2.46. The second-order valence-corrected chi connectivity index (χ2v) is 12.1. The number of aldehydes is 1. The molecule has 0 fully saturated rings. The summed E-state index contributed by atoms with van der Waals surface area (Å²) < 4.78 is 0. The average Bonchev–Trinajstić information content (AvgIpc) is 3.73. The summed E-state index contributed by atoms with van der Waals surface area (Å²) >= 11 is 0. The minimum Gasteiger partial charge on any atom is -0.481 e. The molecule has 12 heteroatoms. The number of amides is 1. The van der Waals surface area contributed by atoms with E-state index in [1.54, 1.807) is 13.8 Å². The molecule has 0 unspecified atom stereocenters. The van der Waals surface area contributed by atoms with Gasteiger partial charge >= 0.3 is 11.9 Å². The standard InChI is InChI=1S/C34H38N4O8/c1-6-18-14(2)22(38-33(18)44)11-21-16(4)20(7-8-26(41)42)30(36-21)28-29(34(45)46)32(43)27-17(5)23(37-31(27)28)12-24-19(9-10-39)15(3)25(13-40)35-24/h6,13,22,28-29,35-37,39H,1,7-12H2,2-5H3,(H,38,44)(H,41,42)(H,45,46)/t22-,28-,29+/m1/s1. The quantitative estimate of drug-likeness (QED) is 0.110. The largest absolute Gasteiger partial charge is 0.481 e. The van der Waals surface area contributed by atoms with Gasteiger partial charge in [-0.05, 0) is 73.9 Å². The number of carboxylic acid groups (broad SMARTS) is 2. The van der Waals surface area contributed by atoms with E-state index in [0.717, 1.165) is 22.3 Å². The van der Waals surface area contributed by atoms with Gasteiger partial charge in [0.05, 0.1) is 17.7 Å². The van der Waals surface area contributed by atoms with Gasteiger partial charge < -0.3 is 35.6 Å². The molecule has 12 nitrogen and oxygen atoms in total. The maximum Gasteiger partial charge on any atom is 0.315 e. The van der Waals surface area contributed by atoms with E-state index in [4.69, 9.17) is 0 Å². The number of aromatic nitrogens is 3. The maximum absolute atomic E-state index is 13.8. The lowest BCUT2D eigenvalue weighted by Gasteiger charge is -2.18. The molecule has 0 spiro atoms. The van der Waals surface area contributed by atoms with Gasteiger partial charge in [0.25, 0.3) is 5.91 Å². The van der Waals surface area contributed by atoms with Crippen LogP contribution in [0.1, 0.15) is 96.4 Å². The topological polar surface area (TPSA) is 205 Å². The van der Waals surface area contributed by atoms with Crippen LogP contribution < -0.4 is 5.32 Å². The number of carboxylic acids is 2. The Labute approximate surface area is 265 Å². The molecule has 0 radical (unpaired) electrons. The van der Waals surface area contributed by atoms with Crippen LogP contribution >= 0.6 is 0 Å². The predicted molar refractivity (Wildman–Crippen MR) is 167 cm³/mol. The Morgan fingerprint density at radius 2 is 1.59 bits per heavy atom. The van der Waals surface area contributed by atoms with Gasteiger partial charge in [0.15, 0.2) is 12.1 Å². The summed E-state index contributed by atoms with van der Waals surface area (Å²) in [5.74, 6) is -5.49. The van der Waals surface area contributed by atoms with Gasteiger partial charge in [0.2, 0.25) is 0 Å². The van der Waals surface area contributed by atoms with Gasteiger partial charge in [0.1, 0.15) is 5.92 Å². The van der Waals surface area contributed by atoms with Crippen molar-refractivity contribution in [1.29, 1.82) is 0 Å². The Kier molecular flexibility index (Phi) is 8.76. The van der Waals surface area contributed by atoms with Crippen LogP contribution in [0.25, 0.3) is 0 Å². The van der Waals surface area contributed by atoms with E-state index in [1.807, 2.05) is 13.8 Å². The number of aliphatic carboxylic acids is 2. The SMILES string of the molecule is C=CC1=C(C)[C@@H](Cc2[nH]c([C@@H]3c4[nH]c(Cc5[nH]c(C=O)c(C)c5CCO)c(C)c4C(=O)[C@H]3C(=O)O)c(CCC(=O)O)c2C)NC1=O. The zero-order chi connectivity index (χ0) is 33.6. The molecule has 0 bridgehead atoms. The van der Waals surface area contributed by atoms with E-state index in [1.165, 1.54) is 6.08 Å². The Balaban J connectivity index is 1.62. The van der Waals surface area contributed by atoms with E-state index in [9.17, 15) is 39.3 Å². The number of nitrogens with one attached hydrogen (secondary N) is 4. The Bertz CT molecular complexity index is 1830. The zero-order valence-corrected chi connectivity index (χ0v) is 26.2. The van der Waals surface area contributed by atoms with Crippen molar-refractivity contribution in [2.45, 2.75) is 71.8 Å². The van der Waals surface area contributed by atoms with Crippen LogP contribution in [0.2, 0.25) is 0 Å². The maximum atomic E-state index is 13.8. The molecule has 5 rings (SSSR count). The lowest BCUT2D eigenvalue weighted by atomic mass is 9.87. The van der Waals surface area contributed by atoms with Crippen LogP contribution in [0, 0.1) is 26.7 Å². The van der Waals surface area contributed by atoms with E-state index in [0.29, 0.717) is 70.0 Å². The number of Topliss-reactive ketones (excluding diaryl/α,β-unsaturated/α-hetero) is 1. The van der Waals surface area contributed by atoms with Gasteiger partial charge in [-0.1, -0.05) is 12.7 Å². The minimum atomic E-state index is -1.44. The monoisotopic (exact) mass is 630 g/mol. The summed E-state index contributed by atoms with van der Waals surface area (Å²) in [6.45, 7) is 10.8. The van der Waals surface area contributed by atoms with Gasteiger partial charge in [-0.3, -0.25) is 24.0 Å². The number of hydrogen-bond donors (Lipinski definition) is 7. The number of H-pyrrole nitrogens is 3. The molecule has 0 aromatic carbocycles. The summed E-state index contributed by atoms with van der Waals surface area (Å²) in [6, 6.07) is -0.345. The third-order valence-corrected chi connectivity index (χ3v) is 9.69. The van der Waals surface area contributed by atoms with Gasteiger partial charge in [0, 0.05) is 65.5 Å². The van der Waals surface area contributed by atoms with Crippen molar-refractivity contribution in [1.82, 2.24) is 20.3 Å². The lowest BCUT2D eigenvalue weighted by molar-refractivity contribution is -0.140. The summed E-state index contributed by atoms with van der Waals surface area (Å²) in [5, 5.41) is 32.4. The van der Waals surface area contributed by atoms with Crippen molar-refractivity contribution in [3.8, 4) is 0 Å². The molecular formula is C34H38N4O8. The van der Waals surface area contributed by atoms with E-state index in [-0.39, 0.29) is 43.4 Å². The summed E-state index contributed by atoms with van der Waals surface area (Å²) in [5.41, 5.74) is 8.43. The molecule has 46 heavy (non-hydrogen) atoms. The van der Waals surface area contributed by atoms with Crippen molar-refractivity contribution in [2.75, 3.05) is 6.61 Å². The highest BCUT2D eigenvalue weighted by atomic mass is 16.4. The molecule has 0 saturated carbocycles. The molecule has 2 aliphatic rings. The van der Waals surface area contributed by atoms with Crippen molar-refractivity contribution < 1.29 is 39.3 Å². The lowest BCUT2D eigenvalue weighted by Crippen LogP contribution is -2.30. The Morgan fingerprint density at radius 3 is 2.17 bits per heavy atom. The first kappa shape index (κ1) is 32.4. The molecule has 1 amide bonds. The number of ketones is 1. The van der Waals surface area contributed by atoms with Crippen molar-refractivity contribution >= 4 is 29.9 Å². The van der Waals surface area contributed by atoms with E-state index < -0.39 is 29.6 Å². The van der Waals surface area contributed by atoms with E-state index in [2.05, 4.69) is 26.8 Å². The minimum absolute atomic E-state index is 0.108. The molecule has 3 aromatic heterocycles. The Hall–Kier alpha value is -4.97. The van der Waals surface area contributed by atoms with Crippen LogP contribution in [0.5, 0.6) is 0 Å². The number of aliphatic hydroxyl groups excluding tert-OH is 1.